The highest BCUT2D eigenvalue weighted by Crippen LogP contribution is 2.21. The highest BCUT2D eigenvalue weighted by Gasteiger charge is 2.11. The minimum Gasteiger partial charge on any atom is -0.409 e. The monoisotopic (exact) mass is 283 g/mol. The molecule has 110 valence electrons. The normalized spacial score (nSPS) is 11.4. The second-order valence-corrected chi connectivity index (χ2v) is 5.16. The number of aryl methyl sites for hydroxylation is 1. The Labute approximate surface area is 125 Å². The van der Waals surface area contributed by atoms with E-state index in [1.807, 2.05) is 50.4 Å². The lowest BCUT2D eigenvalue weighted by Crippen LogP contribution is -2.25. The van der Waals surface area contributed by atoms with Gasteiger partial charge >= 0.3 is 0 Å². The van der Waals surface area contributed by atoms with Gasteiger partial charge in [-0.05, 0) is 31.0 Å². The van der Waals surface area contributed by atoms with Gasteiger partial charge in [-0.1, -0.05) is 47.1 Å². The van der Waals surface area contributed by atoms with Gasteiger partial charge in [0.1, 0.15) is 0 Å². The smallest absolute Gasteiger partial charge is 0.172 e. The molecule has 4 nitrogen and oxygen atoms in total. The second-order valence-electron chi connectivity index (χ2n) is 5.16. The van der Waals surface area contributed by atoms with Crippen LogP contribution in [0.15, 0.2) is 53.7 Å². The molecule has 2 aromatic rings. The molecule has 0 aliphatic rings. The van der Waals surface area contributed by atoms with Crippen LogP contribution in [0.25, 0.3) is 0 Å². The van der Waals surface area contributed by atoms with E-state index in [0.717, 1.165) is 29.8 Å². The van der Waals surface area contributed by atoms with E-state index >= 15 is 0 Å². The van der Waals surface area contributed by atoms with Crippen molar-refractivity contribution in [3.63, 3.8) is 0 Å². The van der Waals surface area contributed by atoms with Gasteiger partial charge in [-0.15, -0.1) is 0 Å². The molecule has 0 atom stereocenters. The summed E-state index contributed by atoms with van der Waals surface area (Å²) in [7, 11) is 2.02. The van der Waals surface area contributed by atoms with E-state index in [2.05, 4.69) is 22.2 Å². The van der Waals surface area contributed by atoms with E-state index in [4.69, 9.17) is 10.9 Å². The van der Waals surface area contributed by atoms with Gasteiger partial charge in [0, 0.05) is 24.8 Å². The molecular formula is C17H21N3O. The van der Waals surface area contributed by atoms with Crippen molar-refractivity contribution in [2.75, 3.05) is 18.5 Å². The van der Waals surface area contributed by atoms with Gasteiger partial charge in [0.25, 0.3) is 0 Å². The SMILES string of the molecule is Cc1ccc(N(C)CCc2ccccc2)c(/C(N)=N/O)c1. The Morgan fingerprint density at radius 3 is 2.57 bits per heavy atom. The molecule has 0 heterocycles. The third kappa shape index (κ3) is 3.75. The number of amidine groups is 1. The maximum Gasteiger partial charge on any atom is 0.172 e. The van der Waals surface area contributed by atoms with E-state index in [9.17, 15) is 0 Å². The fourth-order valence-corrected chi connectivity index (χ4v) is 2.30. The van der Waals surface area contributed by atoms with Gasteiger partial charge in [-0.25, -0.2) is 0 Å². The van der Waals surface area contributed by atoms with Gasteiger partial charge in [0.2, 0.25) is 0 Å². The Morgan fingerprint density at radius 1 is 1.19 bits per heavy atom. The van der Waals surface area contributed by atoms with Crippen molar-refractivity contribution in [1.82, 2.24) is 0 Å². The lowest BCUT2D eigenvalue weighted by molar-refractivity contribution is 0.318. The van der Waals surface area contributed by atoms with Crippen LogP contribution in [0, 0.1) is 6.92 Å². The number of hydrogen-bond donors (Lipinski definition) is 2. The topological polar surface area (TPSA) is 61.8 Å². The highest BCUT2D eigenvalue weighted by molar-refractivity contribution is 6.02. The first-order valence-corrected chi connectivity index (χ1v) is 6.95. The van der Waals surface area contributed by atoms with Crippen molar-refractivity contribution >= 4 is 11.5 Å². The predicted octanol–water partition coefficient (Wildman–Crippen LogP) is 2.77. The van der Waals surface area contributed by atoms with E-state index < -0.39 is 0 Å². The van der Waals surface area contributed by atoms with Crippen LogP contribution >= 0.6 is 0 Å². The molecule has 4 heteroatoms. The third-order valence-corrected chi connectivity index (χ3v) is 3.53. The summed E-state index contributed by atoms with van der Waals surface area (Å²) in [5, 5.41) is 12.1. The zero-order valence-electron chi connectivity index (χ0n) is 12.5. The molecule has 0 saturated heterocycles. The highest BCUT2D eigenvalue weighted by atomic mass is 16.4. The fourth-order valence-electron chi connectivity index (χ4n) is 2.30. The molecule has 0 spiro atoms. The van der Waals surface area contributed by atoms with Gasteiger partial charge < -0.3 is 15.8 Å². The summed E-state index contributed by atoms with van der Waals surface area (Å²) in [6, 6.07) is 16.3. The molecule has 3 N–H and O–H groups in total. The van der Waals surface area contributed by atoms with E-state index in [0.29, 0.717) is 0 Å². The molecule has 21 heavy (non-hydrogen) atoms. The van der Waals surface area contributed by atoms with Gasteiger partial charge in [0.05, 0.1) is 0 Å². The Morgan fingerprint density at radius 2 is 1.90 bits per heavy atom. The van der Waals surface area contributed by atoms with Crippen molar-refractivity contribution in [2.45, 2.75) is 13.3 Å². The Balaban J connectivity index is 2.17. The Hall–Kier alpha value is -2.49. The number of nitrogens with two attached hydrogens (primary N) is 1. The average Bonchev–Trinajstić information content (AvgIpc) is 2.52. The molecule has 0 unspecified atom stereocenters. The number of benzene rings is 2. The van der Waals surface area contributed by atoms with Crippen LogP contribution in [-0.2, 0) is 6.42 Å². The average molecular weight is 283 g/mol. The van der Waals surface area contributed by atoms with Crippen molar-refractivity contribution in [2.24, 2.45) is 10.9 Å². The first kappa shape index (κ1) is 14.9. The molecule has 0 radical (unpaired) electrons. The summed E-state index contributed by atoms with van der Waals surface area (Å²) in [5.74, 6) is 0.139. The summed E-state index contributed by atoms with van der Waals surface area (Å²) in [5.41, 5.74) is 9.88. The second kappa shape index (κ2) is 6.79. The third-order valence-electron chi connectivity index (χ3n) is 3.53. The van der Waals surface area contributed by atoms with Gasteiger partial charge in [-0.3, -0.25) is 0 Å². The van der Waals surface area contributed by atoms with Crippen LogP contribution in [-0.4, -0.2) is 24.6 Å². The summed E-state index contributed by atoms with van der Waals surface area (Å²) in [6.45, 7) is 2.85. The molecular weight excluding hydrogens is 262 g/mol. The minimum atomic E-state index is 0.139. The van der Waals surface area contributed by atoms with Crippen LogP contribution in [0.2, 0.25) is 0 Å². The summed E-state index contributed by atoms with van der Waals surface area (Å²) in [4.78, 5) is 2.12. The zero-order chi connectivity index (χ0) is 15.2. The molecule has 2 aromatic carbocycles. The van der Waals surface area contributed by atoms with Gasteiger partial charge in [0.15, 0.2) is 5.84 Å². The minimum absolute atomic E-state index is 0.139. The molecule has 0 fully saturated rings. The van der Waals surface area contributed by atoms with Crippen LogP contribution in [0.5, 0.6) is 0 Å². The number of oxime groups is 1. The number of nitrogens with zero attached hydrogens (tertiary/aromatic N) is 2. The summed E-state index contributed by atoms with van der Waals surface area (Å²) < 4.78 is 0. The summed E-state index contributed by atoms with van der Waals surface area (Å²) in [6.07, 6.45) is 0.945. The molecule has 0 amide bonds. The zero-order valence-corrected chi connectivity index (χ0v) is 12.5. The molecule has 0 saturated carbocycles. The maximum absolute atomic E-state index is 8.94. The maximum atomic E-state index is 8.94. The van der Waals surface area contributed by atoms with Crippen LogP contribution in [0.1, 0.15) is 16.7 Å². The quantitative estimate of drug-likeness (QED) is 0.384. The largest absolute Gasteiger partial charge is 0.409 e. The van der Waals surface area contributed by atoms with Crippen molar-refractivity contribution in [1.29, 1.82) is 0 Å². The van der Waals surface area contributed by atoms with E-state index in [-0.39, 0.29) is 5.84 Å². The first-order valence-electron chi connectivity index (χ1n) is 6.95. The number of likely N-dealkylation sites (N-methyl/N-ethyl adjacent to an activating group) is 1. The van der Waals surface area contributed by atoms with Crippen LogP contribution in [0.4, 0.5) is 5.69 Å². The van der Waals surface area contributed by atoms with Crippen molar-refractivity contribution in [3.8, 4) is 0 Å². The summed E-state index contributed by atoms with van der Waals surface area (Å²) >= 11 is 0. The number of rotatable bonds is 5. The Kier molecular flexibility index (Phi) is 4.82. The fraction of sp³-hybridized carbons (Fsp3) is 0.235. The molecule has 0 aliphatic heterocycles. The van der Waals surface area contributed by atoms with E-state index in [1.54, 1.807) is 0 Å². The lowest BCUT2D eigenvalue weighted by Gasteiger charge is -2.22. The van der Waals surface area contributed by atoms with E-state index in [1.165, 1.54) is 5.56 Å². The number of anilines is 1. The van der Waals surface area contributed by atoms with Crippen LogP contribution < -0.4 is 10.6 Å². The molecule has 0 aromatic heterocycles. The molecule has 0 bridgehead atoms. The van der Waals surface area contributed by atoms with Crippen LogP contribution in [0.3, 0.4) is 0 Å². The lowest BCUT2D eigenvalue weighted by atomic mass is 10.1. The Bertz CT molecular complexity index is 623. The molecule has 0 aliphatic carbocycles. The first-order chi connectivity index (χ1) is 10.1. The standard InChI is InChI=1S/C17H21N3O/c1-13-8-9-16(15(12-13)17(18)19-21)20(2)11-10-14-6-4-3-5-7-14/h3-9,12,21H,10-11H2,1-2H3,(H2,18,19). The van der Waals surface area contributed by atoms with Gasteiger partial charge in [-0.2, -0.15) is 0 Å². The predicted molar refractivity (Wildman–Crippen MR) is 87.1 cm³/mol. The van der Waals surface area contributed by atoms with Crippen molar-refractivity contribution in [3.05, 3.63) is 65.2 Å². The van der Waals surface area contributed by atoms with Crippen molar-refractivity contribution < 1.29 is 5.21 Å². The molecule has 2 rings (SSSR count). The number of hydrogen-bond acceptors (Lipinski definition) is 3.